The number of thioether (sulfide) groups is 1. The number of carbonyl (C=O) groups is 1. The lowest BCUT2D eigenvalue weighted by atomic mass is 10.1. The Morgan fingerprint density at radius 1 is 0.857 bits per heavy atom. The van der Waals surface area contributed by atoms with Crippen LogP contribution >= 0.6 is 11.8 Å². The van der Waals surface area contributed by atoms with Crippen molar-refractivity contribution < 1.29 is 18.1 Å². The molecule has 28 heavy (non-hydrogen) atoms. The van der Waals surface area contributed by atoms with E-state index in [2.05, 4.69) is 0 Å². The zero-order valence-electron chi connectivity index (χ0n) is 14.5. The fourth-order valence-electron chi connectivity index (χ4n) is 2.50. The predicted octanol–water partition coefficient (Wildman–Crippen LogP) is 4.37. The maximum Gasteiger partial charge on any atom is 0.269 e. The van der Waals surface area contributed by atoms with Gasteiger partial charge >= 0.3 is 0 Å². The largest absolute Gasteiger partial charge is 0.292 e. The van der Waals surface area contributed by atoms with Crippen LogP contribution < -0.4 is 0 Å². The molecule has 6 nitrogen and oxygen atoms in total. The summed E-state index contributed by atoms with van der Waals surface area (Å²) in [6, 6.07) is 21.4. The molecule has 0 N–H and O–H groups in total. The number of Topliss-reactive ketones (excluding diaryl/α,β-unsaturated/α-hetero) is 1. The van der Waals surface area contributed by atoms with Gasteiger partial charge in [-0.1, -0.05) is 48.2 Å². The second-order valence-corrected chi connectivity index (χ2v) is 9.30. The van der Waals surface area contributed by atoms with Crippen LogP contribution in [0.2, 0.25) is 0 Å². The molecule has 0 fully saturated rings. The molecule has 3 rings (SSSR count). The van der Waals surface area contributed by atoms with Crippen molar-refractivity contribution in [1.29, 1.82) is 0 Å². The van der Waals surface area contributed by atoms with Crippen molar-refractivity contribution in [3.05, 3.63) is 101 Å². The van der Waals surface area contributed by atoms with Crippen molar-refractivity contribution in [2.45, 2.75) is 14.4 Å². The third-order valence-electron chi connectivity index (χ3n) is 3.92. The first-order chi connectivity index (χ1) is 13.4. The van der Waals surface area contributed by atoms with Crippen LogP contribution in [0.3, 0.4) is 0 Å². The number of sulfone groups is 1. The topological polar surface area (TPSA) is 94.3 Å². The van der Waals surface area contributed by atoms with Gasteiger partial charge in [-0.3, -0.25) is 14.9 Å². The second-order valence-electron chi connectivity index (χ2n) is 5.79. The van der Waals surface area contributed by atoms with Crippen molar-refractivity contribution in [2.24, 2.45) is 0 Å². The first-order valence-corrected chi connectivity index (χ1v) is 10.6. The maximum atomic E-state index is 13.2. The first-order valence-electron chi connectivity index (χ1n) is 8.19. The number of carbonyl (C=O) groups excluding carboxylic acids is 1. The number of nitro benzene ring substituents is 1. The van der Waals surface area contributed by atoms with E-state index in [0.29, 0.717) is 4.90 Å². The second kappa shape index (κ2) is 8.37. The molecule has 0 radical (unpaired) electrons. The van der Waals surface area contributed by atoms with Gasteiger partial charge in [0.1, 0.15) is 0 Å². The van der Waals surface area contributed by atoms with E-state index in [1.54, 1.807) is 48.5 Å². The third kappa shape index (κ3) is 4.29. The van der Waals surface area contributed by atoms with Crippen molar-refractivity contribution in [3.8, 4) is 0 Å². The van der Waals surface area contributed by atoms with E-state index < -0.39 is 25.1 Å². The summed E-state index contributed by atoms with van der Waals surface area (Å²) in [5.74, 6) is -0.632. The van der Waals surface area contributed by atoms with Gasteiger partial charge < -0.3 is 0 Å². The molecule has 8 heteroatoms. The summed E-state index contributed by atoms with van der Waals surface area (Å²) in [5.41, 5.74) is -0.0757. The third-order valence-corrected chi connectivity index (χ3v) is 7.64. The average Bonchev–Trinajstić information content (AvgIpc) is 2.73. The van der Waals surface area contributed by atoms with E-state index in [4.69, 9.17) is 0 Å². The van der Waals surface area contributed by atoms with Crippen LogP contribution in [0, 0.1) is 10.1 Å². The van der Waals surface area contributed by atoms with Crippen LogP contribution in [0.5, 0.6) is 0 Å². The molecule has 1 atom stereocenters. The van der Waals surface area contributed by atoms with Crippen molar-refractivity contribution in [2.75, 3.05) is 0 Å². The van der Waals surface area contributed by atoms with Crippen LogP contribution in [0.4, 0.5) is 5.69 Å². The van der Waals surface area contributed by atoms with E-state index in [9.17, 15) is 23.3 Å². The van der Waals surface area contributed by atoms with Crippen LogP contribution in [-0.4, -0.2) is 23.7 Å². The van der Waals surface area contributed by atoms with Gasteiger partial charge in [0.2, 0.25) is 0 Å². The number of hydrogen-bond donors (Lipinski definition) is 0. The van der Waals surface area contributed by atoms with Crippen LogP contribution in [-0.2, 0) is 9.84 Å². The van der Waals surface area contributed by atoms with Crippen molar-refractivity contribution in [3.63, 3.8) is 0 Å². The summed E-state index contributed by atoms with van der Waals surface area (Å²) in [4.78, 5) is 24.0. The predicted molar refractivity (Wildman–Crippen MR) is 107 cm³/mol. The summed E-state index contributed by atoms with van der Waals surface area (Å²) in [5, 5.41) is 10.8. The van der Waals surface area contributed by atoms with E-state index in [1.807, 2.05) is 0 Å². The molecule has 0 heterocycles. The highest BCUT2D eigenvalue weighted by molar-refractivity contribution is 8.14. The highest BCUT2D eigenvalue weighted by Crippen LogP contribution is 2.33. The molecule has 3 aromatic carbocycles. The summed E-state index contributed by atoms with van der Waals surface area (Å²) in [7, 11) is -3.99. The van der Waals surface area contributed by atoms with Crippen molar-refractivity contribution in [1.82, 2.24) is 0 Å². The fourth-order valence-corrected chi connectivity index (χ4v) is 5.68. The first kappa shape index (κ1) is 19.8. The van der Waals surface area contributed by atoms with Gasteiger partial charge in [-0.15, -0.1) is 0 Å². The molecular formula is C20H15NO5S2. The van der Waals surface area contributed by atoms with E-state index in [-0.39, 0.29) is 16.1 Å². The molecule has 0 bridgehead atoms. The Morgan fingerprint density at radius 3 is 1.93 bits per heavy atom. The Labute approximate surface area is 166 Å². The van der Waals surface area contributed by atoms with Gasteiger partial charge in [-0.25, -0.2) is 8.42 Å². The number of ketones is 1. The van der Waals surface area contributed by atoms with Gasteiger partial charge in [0.05, 0.1) is 9.82 Å². The summed E-state index contributed by atoms with van der Waals surface area (Å²) >= 11 is 0.933. The molecule has 0 spiro atoms. The lowest BCUT2D eigenvalue weighted by Gasteiger charge is -2.16. The number of nitrogens with zero attached hydrogens (tertiary/aromatic N) is 1. The van der Waals surface area contributed by atoms with Crippen molar-refractivity contribution >= 4 is 33.1 Å². The smallest absolute Gasteiger partial charge is 0.269 e. The van der Waals surface area contributed by atoms with E-state index >= 15 is 0 Å². The molecule has 0 aromatic heterocycles. The molecule has 0 aliphatic carbocycles. The maximum absolute atomic E-state index is 13.2. The Hall–Kier alpha value is -2.97. The Kier molecular flexibility index (Phi) is 5.91. The Balaban J connectivity index is 2.03. The molecule has 3 aromatic rings. The molecule has 1 unspecified atom stereocenters. The zero-order chi connectivity index (χ0) is 20.1. The number of benzene rings is 3. The van der Waals surface area contributed by atoms with Crippen LogP contribution in [0.25, 0.3) is 0 Å². The minimum Gasteiger partial charge on any atom is -0.292 e. The normalized spacial score (nSPS) is 12.3. The van der Waals surface area contributed by atoms with Gasteiger partial charge in [0.15, 0.2) is 20.2 Å². The summed E-state index contributed by atoms with van der Waals surface area (Å²) in [6.45, 7) is 0. The number of non-ortho nitro benzene ring substituents is 1. The molecular weight excluding hydrogens is 398 g/mol. The molecule has 0 aliphatic heterocycles. The van der Waals surface area contributed by atoms with Gasteiger partial charge in [-0.2, -0.15) is 0 Å². The minimum absolute atomic E-state index is 0.0405. The van der Waals surface area contributed by atoms with E-state index in [1.165, 1.54) is 36.4 Å². The number of nitro groups is 1. The van der Waals surface area contributed by atoms with Gasteiger partial charge in [0, 0.05) is 22.6 Å². The highest BCUT2D eigenvalue weighted by Gasteiger charge is 2.35. The lowest BCUT2D eigenvalue weighted by Crippen LogP contribution is -2.27. The Bertz CT molecular complexity index is 1080. The molecule has 142 valence electrons. The molecule has 0 saturated carbocycles. The van der Waals surface area contributed by atoms with Gasteiger partial charge in [0.25, 0.3) is 5.69 Å². The van der Waals surface area contributed by atoms with Crippen LogP contribution in [0.15, 0.2) is 94.7 Å². The number of rotatable bonds is 7. The van der Waals surface area contributed by atoms with Crippen LogP contribution in [0.1, 0.15) is 10.4 Å². The fraction of sp³-hybridized carbons (Fsp3) is 0.0500. The summed E-state index contributed by atoms with van der Waals surface area (Å²) in [6.07, 6.45) is 0. The standard InChI is InChI=1S/C20H15NO5S2/c22-19(15-11-13-16(14-12-15)21(23)24)20(27-17-7-3-1-4-8-17)28(25,26)18-9-5-2-6-10-18/h1-14,20H. The summed E-state index contributed by atoms with van der Waals surface area (Å²) < 4.78 is 24.9. The lowest BCUT2D eigenvalue weighted by molar-refractivity contribution is -0.384. The molecule has 0 amide bonds. The van der Waals surface area contributed by atoms with Gasteiger partial charge in [-0.05, 0) is 36.4 Å². The quantitative estimate of drug-likeness (QED) is 0.247. The van der Waals surface area contributed by atoms with E-state index in [0.717, 1.165) is 11.8 Å². The average molecular weight is 413 g/mol. The highest BCUT2D eigenvalue weighted by atomic mass is 32.3. The molecule has 0 saturated heterocycles. The number of hydrogen-bond acceptors (Lipinski definition) is 6. The SMILES string of the molecule is O=C(c1ccc([N+](=O)[O-])cc1)C(Sc1ccccc1)S(=O)(=O)c1ccccc1. The Morgan fingerprint density at radius 2 is 1.39 bits per heavy atom. The molecule has 0 aliphatic rings. The monoisotopic (exact) mass is 413 g/mol. The minimum atomic E-state index is -3.99. The zero-order valence-corrected chi connectivity index (χ0v) is 16.1.